The van der Waals surface area contributed by atoms with Crippen LogP contribution in [-0.4, -0.2) is 24.2 Å². The maximum atomic E-state index is 10.4. The maximum Gasteiger partial charge on any atom is 0.303 e. The van der Waals surface area contributed by atoms with E-state index in [9.17, 15) is 4.79 Å². The zero-order chi connectivity index (χ0) is 19.1. The summed E-state index contributed by atoms with van der Waals surface area (Å²) in [7, 11) is 0. The van der Waals surface area contributed by atoms with Crippen LogP contribution in [-0.2, 0) is 4.79 Å². The SMILES string of the molecule is CCNCCCCCCCCCCCCCCCCCCCCC(=O)O. The maximum absolute atomic E-state index is 10.4. The molecular weight excluding hydrogens is 322 g/mol. The third-order valence-corrected chi connectivity index (χ3v) is 5.24. The van der Waals surface area contributed by atoms with Crippen molar-refractivity contribution in [3.8, 4) is 0 Å². The van der Waals surface area contributed by atoms with Crippen LogP contribution in [0.1, 0.15) is 129 Å². The molecule has 26 heavy (non-hydrogen) atoms. The Morgan fingerprint density at radius 2 is 0.885 bits per heavy atom. The number of unbranched alkanes of at least 4 members (excludes halogenated alkanes) is 17. The quantitative estimate of drug-likeness (QED) is 0.200. The smallest absolute Gasteiger partial charge is 0.303 e. The minimum absolute atomic E-state index is 0.344. The molecule has 0 saturated heterocycles. The van der Waals surface area contributed by atoms with E-state index in [0.29, 0.717) is 6.42 Å². The Balaban J connectivity index is 2.98. The number of nitrogens with one attached hydrogen (secondary N) is 1. The molecule has 3 nitrogen and oxygen atoms in total. The molecule has 156 valence electrons. The lowest BCUT2D eigenvalue weighted by Gasteiger charge is -2.04. The zero-order valence-electron chi connectivity index (χ0n) is 17.7. The predicted molar refractivity (Wildman–Crippen MR) is 114 cm³/mol. The monoisotopic (exact) mass is 369 g/mol. The van der Waals surface area contributed by atoms with Crippen LogP contribution in [0.3, 0.4) is 0 Å². The number of carboxylic acid groups (broad SMARTS) is 1. The average Bonchev–Trinajstić information content (AvgIpc) is 2.62. The lowest BCUT2D eigenvalue weighted by atomic mass is 10.0. The largest absolute Gasteiger partial charge is 0.481 e. The van der Waals surface area contributed by atoms with Gasteiger partial charge in [0.05, 0.1) is 0 Å². The lowest BCUT2D eigenvalue weighted by molar-refractivity contribution is -0.137. The van der Waals surface area contributed by atoms with Crippen LogP contribution < -0.4 is 5.32 Å². The van der Waals surface area contributed by atoms with Crippen molar-refractivity contribution in [1.29, 1.82) is 0 Å². The van der Waals surface area contributed by atoms with E-state index in [4.69, 9.17) is 5.11 Å². The van der Waals surface area contributed by atoms with E-state index in [0.717, 1.165) is 19.4 Å². The van der Waals surface area contributed by atoms with Crippen LogP contribution in [0.2, 0.25) is 0 Å². The summed E-state index contributed by atoms with van der Waals surface area (Å²) in [6.45, 7) is 4.48. The molecule has 0 radical (unpaired) electrons. The molecule has 0 amide bonds. The Labute approximate surface area is 163 Å². The second kappa shape index (κ2) is 22.5. The van der Waals surface area contributed by atoms with Crippen molar-refractivity contribution in [3.63, 3.8) is 0 Å². The summed E-state index contributed by atoms with van der Waals surface area (Å²) in [5.41, 5.74) is 0. The molecule has 0 aromatic heterocycles. The van der Waals surface area contributed by atoms with Crippen molar-refractivity contribution in [1.82, 2.24) is 5.32 Å². The fraction of sp³-hybridized carbons (Fsp3) is 0.957. The first kappa shape index (κ1) is 25.4. The summed E-state index contributed by atoms with van der Waals surface area (Å²) in [4.78, 5) is 10.4. The van der Waals surface area contributed by atoms with Gasteiger partial charge in [-0.3, -0.25) is 4.79 Å². The van der Waals surface area contributed by atoms with Gasteiger partial charge in [-0.05, 0) is 25.9 Å². The zero-order valence-corrected chi connectivity index (χ0v) is 17.7. The highest BCUT2D eigenvalue weighted by molar-refractivity contribution is 5.66. The summed E-state index contributed by atoms with van der Waals surface area (Å²) in [6.07, 6.45) is 24.5. The molecule has 0 aliphatic carbocycles. The van der Waals surface area contributed by atoms with E-state index >= 15 is 0 Å². The third-order valence-electron chi connectivity index (χ3n) is 5.24. The van der Waals surface area contributed by atoms with Gasteiger partial charge in [0.25, 0.3) is 0 Å². The van der Waals surface area contributed by atoms with Gasteiger partial charge in [0.15, 0.2) is 0 Å². The molecule has 0 saturated carbocycles. The highest BCUT2D eigenvalue weighted by Crippen LogP contribution is 2.14. The molecule has 0 spiro atoms. The summed E-state index contributed by atoms with van der Waals surface area (Å²) in [6, 6.07) is 0. The fourth-order valence-electron chi connectivity index (χ4n) is 3.53. The van der Waals surface area contributed by atoms with Crippen molar-refractivity contribution in [2.24, 2.45) is 0 Å². The molecule has 0 rings (SSSR count). The summed E-state index contributed by atoms with van der Waals surface area (Å²) in [5, 5.41) is 12.0. The Morgan fingerprint density at radius 3 is 1.19 bits per heavy atom. The summed E-state index contributed by atoms with van der Waals surface area (Å²) in [5.74, 6) is -0.652. The van der Waals surface area contributed by atoms with Crippen LogP contribution in [0.4, 0.5) is 0 Å². The van der Waals surface area contributed by atoms with Crippen LogP contribution >= 0.6 is 0 Å². The van der Waals surface area contributed by atoms with Crippen molar-refractivity contribution in [2.75, 3.05) is 13.1 Å². The van der Waals surface area contributed by atoms with Gasteiger partial charge in [0.2, 0.25) is 0 Å². The van der Waals surface area contributed by atoms with E-state index < -0.39 is 5.97 Å². The van der Waals surface area contributed by atoms with E-state index in [-0.39, 0.29) is 0 Å². The van der Waals surface area contributed by atoms with Gasteiger partial charge in [-0.2, -0.15) is 0 Å². The van der Waals surface area contributed by atoms with Gasteiger partial charge in [0.1, 0.15) is 0 Å². The molecule has 0 bridgehead atoms. The fourth-order valence-corrected chi connectivity index (χ4v) is 3.53. The highest BCUT2D eigenvalue weighted by Gasteiger charge is 1.97. The van der Waals surface area contributed by atoms with E-state index in [1.165, 1.54) is 109 Å². The second-order valence-electron chi connectivity index (χ2n) is 7.86. The van der Waals surface area contributed by atoms with Crippen molar-refractivity contribution >= 4 is 5.97 Å². The van der Waals surface area contributed by atoms with Crippen LogP contribution in [0.25, 0.3) is 0 Å². The first-order chi connectivity index (χ1) is 12.8. The number of aliphatic carboxylic acids is 1. The second-order valence-corrected chi connectivity index (χ2v) is 7.86. The standard InChI is InChI=1S/C23H47NO2/c1-2-24-22-20-18-16-14-12-10-8-6-4-3-5-7-9-11-13-15-17-19-21-23(25)26/h24H,2-22H2,1H3,(H,25,26). The molecule has 3 heteroatoms. The number of hydrogen-bond donors (Lipinski definition) is 2. The van der Waals surface area contributed by atoms with Gasteiger partial charge in [0, 0.05) is 6.42 Å². The number of carboxylic acids is 1. The molecule has 0 aromatic carbocycles. The summed E-state index contributed by atoms with van der Waals surface area (Å²) >= 11 is 0. The van der Waals surface area contributed by atoms with Gasteiger partial charge in [-0.1, -0.05) is 110 Å². The van der Waals surface area contributed by atoms with Gasteiger partial charge in [-0.15, -0.1) is 0 Å². The number of rotatable bonds is 22. The van der Waals surface area contributed by atoms with Crippen molar-refractivity contribution in [2.45, 2.75) is 129 Å². The molecule has 0 aliphatic heterocycles. The molecule has 0 fully saturated rings. The Hall–Kier alpha value is -0.570. The first-order valence-electron chi connectivity index (χ1n) is 11.7. The van der Waals surface area contributed by atoms with Crippen molar-refractivity contribution in [3.05, 3.63) is 0 Å². The normalized spacial score (nSPS) is 11.1. The number of carbonyl (C=O) groups is 1. The highest BCUT2D eigenvalue weighted by atomic mass is 16.4. The van der Waals surface area contributed by atoms with Crippen LogP contribution in [0.15, 0.2) is 0 Å². The first-order valence-corrected chi connectivity index (χ1v) is 11.7. The molecule has 0 unspecified atom stereocenters. The molecule has 0 aromatic rings. The van der Waals surface area contributed by atoms with E-state index in [2.05, 4.69) is 12.2 Å². The summed E-state index contributed by atoms with van der Waals surface area (Å²) < 4.78 is 0. The van der Waals surface area contributed by atoms with Gasteiger partial charge < -0.3 is 10.4 Å². The number of hydrogen-bond acceptors (Lipinski definition) is 2. The van der Waals surface area contributed by atoms with E-state index in [1.807, 2.05) is 0 Å². The molecule has 0 heterocycles. The predicted octanol–water partition coefficient (Wildman–Crippen LogP) is 7.09. The Kier molecular flexibility index (Phi) is 22.0. The topological polar surface area (TPSA) is 49.3 Å². The minimum Gasteiger partial charge on any atom is -0.481 e. The van der Waals surface area contributed by atoms with Gasteiger partial charge in [-0.25, -0.2) is 0 Å². The van der Waals surface area contributed by atoms with E-state index in [1.54, 1.807) is 0 Å². The minimum atomic E-state index is -0.652. The molecule has 0 aliphatic rings. The van der Waals surface area contributed by atoms with Crippen molar-refractivity contribution < 1.29 is 9.90 Å². The molecule has 0 atom stereocenters. The van der Waals surface area contributed by atoms with Crippen LogP contribution in [0.5, 0.6) is 0 Å². The lowest BCUT2D eigenvalue weighted by Crippen LogP contribution is -2.13. The molecular formula is C23H47NO2. The van der Waals surface area contributed by atoms with Crippen LogP contribution in [0, 0.1) is 0 Å². The third kappa shape index (κ3) is 23.4. The Morgan fingerprint density at radius 1 is 0.577 bits per heavy atom. The average molecular weight is 370 g/mol. The Bertz CT molecular complexity index is 281. The van der Waals surface area contributed by atoms with Gasteiger partial charge >= 0.3 is 5.97 Å². The molecule has 2 N–H and O–H groups in total.